The summed E-state index contributed by atoms with van der Waals surface area (Å²) in [7, 11) is 0. The molecule has 0 radical (unpaired) electrons. The Morgan fingerprint density at radius 2 is 0.833 bits per heavy atom. The van der Waals surface area contributed by atoms with E-state index in [0.717, 1.165) is 38.5 Å². The molecule has 8 N–H and O–H groups in total. The second kappa shape index (κ2) is 50.2. The highest BCUT2D eigenvalue weighted by atomic mass is 16.7. The normalized spacial score (nSPS) is 20.3. The largest absolute Gasteiger partial charge is 0.394 e. The quantitative estimate of drug-likeness (QED) is 0.0215. The van der Waals surface area contributed by atoms with Gasteiger partial charge in [-0.3, -0.25) is 4.79 Å². The van der Waals surface area contributed by atoms with E-state index in [9.17, 15) is 40.5 Å². The van der Waals surface area contributed by atoms with Gasteiger partial charge in [-0.1, -0.05) is 237 Å². The van der Waals surface area contributed by atoms with Gasteiger partial charge in [0.15, 0.2) is 6.29 Å². The van der Waals surface area contributed by atoms with Gasteiger partial charge in [0, 0.05) is 0 Å². The SMILES string of the molecule is CCCCCCCCCCC/C=C/CC/C=C/CCCC(O)C(O)C(COC1OC(CO)C(O)C(O)C1O)NC(=O)C(O)CCCCCCCCCCCCC/C=C\CCCCCCCCCCCCCC. The smallest absolute Gasteiger partial charge is 0.249 e. The first kappa shape index (κ1) is 68.3. The zero-order valence-corrected chi connectivity index (χ0v) is 46.4. The van der Waals surface area contributed by atoms with Crippen LogP contribution in [0.5, 0.6) is 0 Å². The number of aliphatic hydroxyl groups excluding tert-OH is 7. The number of aliphatic hydroxyl groups is 7. The van der Waals surface area contributed by atoms with Crippen LogP contribution in [-0.4, -0.2) is 110 Å². The average Bonchev–Trinajstić information content (AvgIpc) is 3.38. The number of unbranched alkanes of at least 4 members (excludes halogenated alkanes) is 34. The predicted octanol–water partition coefficient (Wildman–Crippen LogP) is 13.1. The molecule has 0 aliphatic carbocycles. The van der Waals surface area contributed by atoms with Crippen LogP contribution in [0.25, 0.3) is 0 Å². The first-order valence-electron chi connectivity index (χ1n) is 30.4. The minimum Gasteiger partial charge on any atom is -0.394 e. The fraction of sp³-hybridized carbons (Fsp3) is 0.885. The van der Waals surface area contributed by atoms with Crippen LogP contribution in [0.2, 0.25) is 0 Å². The lowest BCUT2D eigenvalue weighted by Gasteiger charge is -2.40. The average molecular weight is 1020 g/mol. The van der Waals surface area contributed by atoms with E-state index < -0.39 is 74.2 Å². The van der Waals surface area contributed by atoms with Crippen LogP contribution in [0.1, 0.15) is 277 Å². The molecular weight excluding hydrogens is 907 g/mol. The summed E-state index contributed by atoms with van der Waals surface area (Å²) in [4.78, 5) is 13.2. The molecule has 0 saturated carbocycles. The Balaban J connectivity index is 2.29. The lowest BCUT2D eigenvalue weighted by Crippen LogP contribution is -2.60. The Hall–Kier alpha value is -1.67. The molecule has 9 atom stereocenters. The molecule has 424 valence electrons. The fourth-order valence-corrected chi connectivity index (χ4v) is 9.69. The van der Waals surface area contributed by atoms with Gasteiger partial charge in [-0.05, 0) is 77.0 Å². The molecule has 1 rings (SSSR count). The molecule has 1 fully saturated rings. The maximum atomic E-state index is 13.2. The highest BCUT2D eigenvalue weighted by Crippen LogP contribution is 2.23. The van der Waals surface area contributed by atoms with Crippen molar-refractivity contribution in [1.29, 1.82) is 0 Å². The first-order chi connectivity index (χ1) is 35.2. The number of hydrogen-bond acceptors (Lipinski definition) is 10. The van der Waals surface area contributed by atoms with E-state index in [1.54, 1.807) is 0 Å². The summed E-state index contributed by atoms with van der Waals surface area (Å²) in [5.41, 5.74) is 0. The monoisotopic (exact) mass is 1020 g/mol. The first-order valence-corrected chi connectivity index (χ1v) is 30.4. The number of allylic oxidation sites excluding steroid dienone is 6. The van der Waals surface area contributed by atoms with Crippen molar-refractivity contribution in [2.75, 3.05) is 13.2 Å². The van der Waals surface area contributed by atoms with Gasteiger partial charge < -0.3 is 50.5 Å². The molecule has 1 aliphatic rings. The van der Waals surface area contributed by atoms with Crippen LogP contribution in [0.3, 0.4) is 0 Å². The number of hydrogen-bond donors (Lipinski definition) is 8. The Morgan fingerprint density at radius 1 is 0.472 bits per heavy atom. The maximum absolute atomic E-state index is 13.2. The van der Waals surface area contributed by atoms with E-state index in [-0.39, 0.29) is 12.8 Å². The molecule has 0 aromatic rings. The zero-order valence-electron chi connectivity index (χ0n) is 46.4. The van der Waals surface area contributed by atoms with Crippen LogP contribution >= 0.6 is 0 Å². The van der Waals surface area contributed by atoms with Crippen LogP contribution in [-0.2, 0) is 14.3 Å². The molecule has 0 bridgehead atoms. The number of nitrogens with one attached hydrogen (secondary N) is 1. The van der Waals surface area contributed by atoms with Gasteiger partial charge >= 0.3 is 0 Å². The molecule has 9 unspecified atom stereocenters. The summed E-state index contributed by atoms with van der Waals surface area (Å²) in [5, 5.41) is 76.1. The highest BCUT2D eigenvalue weighted by Gasteiger charge is 2.44. The van der Waals surface area contributed by atoms with Gasteiger partial charge in [0.25, 0.3) is 0 Å². The Bertz CT molecular complexity index is 1260. The van der Waals surface area contributed by atoms with Crippen molar-refractivity contribution in [1.82, 2.24) is 5.32 Å². The van der Waals surface area contributed by atoms with Gasteiger partial charge in [0.2, 0.25) is 5.91 Å². The van der Waals surface area contributed by atoms with Crippen LogP contribution in [0.15, 0.2) is 36.5 Å². The van der Waals surface area contributed by atoms with Crippen molar-refractivity contribution >= 4 is 5.91 Å². The fourth-order valence-electron chi connectivity index (χ4n) is 9.69. The molecule has 0 spiro atoms. The molecule has 11 heteroatoms. The van der Waals surface area contributed by atoms with Gasteiger partial charge in [-0.2, -0.15) is 0 Å². The molecule has 72 heavy (non-hydrogen) atoms. The minimum absolute atomic E-state index is 0.247. The van der Waals surface area contributed by atoms with Crippen molar-refractivity contribution in [3.05, 3.63) is 36.5 Å². The Morgan fingerprint density at radius 3 is 1.24 bits per heavy atom. The Kier molecular flexibility index (Phi) is 47.6. The van der Waals surface area contributed by atoms with E-state index in [1.807, 2.05) is 0 Å². The highest BCUT2D eigenvalue weighted by molar-refractivity contribution is 5.80. The van der Waals surface area contributed by atoms with Crippen LogP contribution in [0, 0.1) is 0 Å². The molecule has 1 aliphatic heterocycles. The van der Waals surface area contributed by atoms with E-state index in [4.69, 9.17) is 9.47 Å². The third-order valence-electron chi connectivity index (χ3n) is 14.6. The second-order valence-corrected chi connectivity index (χ2v) is 21.4. The summed E-state index contributed by atoms with van der Waals surface area (Å²) in [6, 6.07) is -1.19. The summed E-state index contributed by atoms with van der Waals surface area (Å²) >= 11 is 0. The third kappa shape index (κ3) is 38.0. The second-order valence-electron chi connectivity index (χ2n) is 21.4. The van der Waals surface area contributed by atoms with Crippen molar-refractivity contribution in [3.63, 3.8) is 0 Å². The van der Waals surface area contributed by atoms with Crippen molar-refractivity contribution in [2.45, 2.75) is 332 Å². The number of rotatable bonds is 52. The standard InChI is InChI=1S/C61H115NO10/c1-3-5-7-9-11-13-15-17-19-21-23-24-25-26-27-28-29-30-31-33-35-37-39-41-43-45-47-49-54(65)60(70)62-52(51-71-61-59(69)58(68)57(67)55(50-63)72-61)56(66)53(64)48-46-44-42-40-38-36-34-32-22-20-18-16-14-12-10-8-6-4-2/h26-27,32,34,40,42,52-59,61,63-69H,3-25,28-31,33,35-39,41,43-51H2,1-2H3,(H,62,70)/b27-26-,34-32+,42-40+. The number of carbonyl (C=O) groups excluding carboxylic acids is 1. The zero-order chi connectivity index (χ0) is 52.5. The molecule has 0 aromatic heterocycles. The van der Waals surface area contributed by atoms with Crippen LogP contribution < -0.4 is 5.32 Å². The van der Waals surface area contributed by atoms with Crippen LogP contribution in [0.4, 0.5) is 0 Å². The number of amides is 1. The third-order valence-corrected chi connectivity index (χ3v) is 14.6. The van der Waals surface area contributed by atoms with Gasteiger partial charge in [0.05, 0.1) is 25.4 Å². The summed E-state index contributed by atoms with van der Waals surface area (Å²) in [6.07, 6.45) is 50.6. The molecule has 11 nitrogen and oxygen atoms in total. The van der Waals surface area contributed by atoms with E-state index >= 15 is 0 Å². The maximum Gasteiger partial charge on any atom is 0.249 e. The van der Waals surface area contributed by atoms with Gasteiger partial charge in [-0.15, -0.1) is 0 Å². The Labute approximate surface area is 441 Å². The van der Waals surface area contributed by atoms with Gasteiger partial charge in [0.1, 0.15) is 36.6 Å². The summed E-state index contributed by atoms with van der Waals surface area (Å²) in [6.45, 7) is 3.46. The molecular formula is C61H115NO10. The predicted molar refractivity (Wildman–Crippen MR) is 298 cm³/mol. The van der Waals surface area contributed by atoms with Crippen molar-refractivity contribution in [3.8, 4) is 0 Å². The molecule has 0 aromatic carbocycles. The lowest BCUT2D eigenvalue weighted by molar-refractivity contribution is -0.303. The van der Waals surface area contributed by atoms with E-state index in [1.165, 1.54) is 193 Å². The van der Waals surface area contributed by atoms with E-state index in [0.29, 0.717) is 19.3 Å². The molecule has 1 heterocycles. The molecule has 1 amide bonds. The topological polar surface area (TPSA) is 189 Å². The summed E-state index contributed by atoms with van der Waals surface area (Å²) < 4.78 is 11.1. The number of carbonyl (C=O) groups is 1. The summed E-state index contributed by atoms with van der Waals surface area (Å²) in [5.74, 6) is -0.709. The lowest BCUT2D eigenvalue weighted by atomic mass is 9.98. The molecule has 1 saturated heterocycles. The van der Waals surface area contributed by atoms with Crippen molar-refractivity contribution < 1.29 is 50.0 Å². The van der Waals surface area contributed by atoms with Gasteiger partial charge in [-0.25, -0.2) is 0 Å². The minimum atomic E-state index is -1.67. The number of ether oxygens (including phenoxy) is 2. The van der Waals surface area contributed by atoms with Crippen molar-refractivity contribution in [2.24, 2.45) is 0 Å². The van der Waals surface area contributed by atoms with E-state index in [2.05, 4.69) is 55.6 Å².